The highest BCUT2D eigenvalue weighted by atomic mass is 16.2. The maximum Gasteiger partial charge on any atom is 0.253 e. The van der Waals surface area contributed by atoms with Crippen LogP contribution in [0.25, 0.3) is 0 Å². The maximum absolute atomic E-state index is 12.7. The number of imide groups is 2. The van der Waals surface area contributed by atoms with Crippen LogP contribution in [-0.4, -0.2) is 33.6 Å². The second kappa shape index (κ2) is 3.81. The van der Waals surface area contributed by atoms with Crippen LogP contribution >= 0.6 is 0 Å². The predicted octanol–water partition coefficient (Wildman–Crippen LogP) is 0.350. The highest BCUT2D eigenvalue weighted by Gasteiger charge is 2.68. The van der Waals surface area contributed by atoms with Crippen LogP contribution in [0.5, 0.6) is 0 Å². The Labute approximate surface area is 121 Å². The summed E-state index contributed by atoms with van der Waals surface area (Å²) in [4.78, 5) is 48.7. The molecule has 2 bridgehead atoms. The van der Waals surface area contributed by atoms with Crippen molar-refractivity contribution in [2.24, 2.45) is 35.5 Å². The molecular weight excluding hydrogens is 272 g/mol. The van der Waals surface area contributed by atoms with E-state index < -0.39 is 23.7 Å². The molecule has 4 aliphatic carbocycles. The van der Waals surface area contributed by atoms with E-state index in [0.29, 0.717) is 16.8 Å². The third-order valence-corrected chi connectivity index (χ3v) is 5.44. The van der Waals surface area contributed by atoms with Crippen LogP contribution in [0.1, 0.15) is 20.3 Å². The van der Waals surface area contributed by atoms with Gasteiger partial charge in [-0.25, -0.2) is 0 Å². The summed E-state index contributed by atoms with van der Waals surface area (Å²) in [6.07, 6.45) is 5.19. The van der Waals surface area contributed by atoms with E-state index in [4.69, 9.17) is 0 Å². The predicted molar refractivity (Wildman–Crippen MR) is 69.8 cm³/mol. The van der Waals surface area contributed by atoms with Gasteiger partial charge in [0.2, 0.25) is 11.8 Å². The zero-order chi connectivity index (χ0) is 15.0. The van der Waals surface area contributed by atoms with Gasteiger partial charge < -0.3 is 0 Å². The Bertz CT molecular complexity index is 575. The molecular formula is C15H16N2O4. The van der Waals surface area contributed by atoms with Gasteiger partial charge in [0.15, 0.2) is 0 Å². The lowest BCUT2D eigenvalue weighted by atomic mass is 9.63. The Morgan fingerprint density at radius 1 is 1.00 bits per heavy atom. The number of amides is 4. The van der Waals surface area contributed by atoms with Crippen LogP contribution in [0.4, 0.5) is 0 Å². The molecule has 0 aromatic rings. The van der Waals surface area contributed by atoms with Gasteiger partial charge in [0.25, 0.3) is 11.8 Å². The topological polar surface area (TPSA) is 74.8 Å². The van der Waals surface area contributed by atoms with Gasteiger partial charge in [0.05, 0.1) is 11.8 Å². The fourth-order valence-electron chi connectivity index (χ4n) is 4.64. The van der Waals surface area contributed by atoms with E-state index in [1.807, 2.05) is 0 Å². The first-order valence-corrected chi connectivity index (χ1v) is 7.30. The normalized spacial score (nSPS) is 41.9. The molecule has 0 N–H and O–H groups in total. The number of allylic oxidation sites excluding steroid dienone is 2. The molecule has 1 aliphatic heterocycles. The number of nitrogens with zero attached hydrogens (tertiary/aromatic N) is 2. The molecule has 110 valence electrons. The molecule has 0 radical (unpaired) electrons. The van der Waals surface area contributed by atoms with Gasteiger partial charge in [-0.15, -0.1) is 0 Å². The lowest BCUT2D eigenvalue weighted by Gasteiger charge is -2.37. The third kappa shape index (κ3) is 1.42. The van der Waals surface area contributed by atoms with Crippen molar-refractivity contribution < 1.29 is 19.2 Å². The average Bonchev–Trinajstić information content (AvgIpc) is 3.19. The van der Waals surface area contributed by atoms with E-state index in [1.165, 1.54) is 13.8 Å². The summed E-state index contributed by atoms with van der Waals surface area (Å²) in [7, 11) is 0. The van der Waals surface area contributed by atoms with E-state index in [0.717, 1.165) is 11.4 Å². The fraction of sp³-hybridized carbons (Fsp3) is 0.600. The van der Waals surface area contributed by atoms with E-state index in [-0.39, 0.29) is 23.7 Å². The molecule has 0 aromatic carbocycles. The quantitative estimate of drug-likeness (QED) is 0.515. The van der Waals surface area contributed by atoms with Crippen LogP contribution in [0, 0.1) is 35.5 Å². The SMILES string of the molecule is CC(=O)N(C(C)=O)N1C(=O)[C@@H]2C3C=CC([C@H]4C[C@@H]34)[C@@H]2C1=O. The van der Waals surface area contributed by atoms with Crippen LogP contribution in [-0.2, 0) is 19.2 Å². The fourth-order valence-corrected chi connectivity index (χ4v) is 4.64. The van der Waals surface area contributed by atoms with E-state index >= 15 is 0 Å². The van der Waals surface area contributed by atoms with Crippen molar-refractivity contribution in [3.8, 4) is 0 Å². The lowest BCUT2D eigenvalue weighted by molar-refractivity contribution is -0.175. The summed E-state index contributed by atoms with van der Waals surface area (Å²) in [5.41, 5.74) is 0. The van der Waals surface area contributed by atoms with Gasteiger partial charge in [-0.05, 0) is 30.1 Å². The summed E-state index contributed by atoms with van der Waals surface area (Å²) in [5, 5.41) is 1.49. The number of carbonyl (C=O) groups excluding carboxylic acids is 4. The minimum absolute atomic E-state index is 0.0900. The Hall–Kier alpha value is -1.98. The van der Waals surface area contributed by atoms with E-state index in [2.05, 4.69) is 12.2 Å². The highest BCUT2D eigenvalue weighted by Crippen LogP contribution is 2.65. The second-order valence-electron chi connectivity index (χ2n) is 6.49. The lowest BCUT2D eigenvalue weighted by Crippen LogP contribution is -2.51. The molecule has 1 heterocycles. The molecule has 5 rings (SSSR count). The molecule has 6 atom stereocenters. The largest absolute Gasteiger partial charge is 0.273 e. The molecule has 21 heavy (non-hydrogen) atoms. The smallest absolute Gasteiger partial charge is 0.253 e. The van der Waals surface area contributed by atoms with Crippen molar-refractivity contribution in [2.75, 3.05) is 0 Å². The zero-order valence-corrected chi connectivity index (χ0v) is 11.9. The Morgan fingerprint density at radius 2 is 1.43 bits per heavy atom. The summed E-state index contributed by atoms with van der Waals surface area (Å²) >= 11 is 0. The molecule has 6 nitrogen and oxygen atoms in total. The van der Waals surface area contributed by atoms with Crippen molar-refractivity contribution in [1.82, 2.24) is 10.0 Å². The molecule has 2 saturated carbocycles. The van der Waals surface area contributed by atoms with Crippen LogP contribution < -0.4 is 0 Å². The van der Waals surface area contributed by atoms with Gasteiger partial charge in [-0.3, -0.25) is 19.2 Å². The van der Waals surface area contributed by atoms with Gasteiger partial charge in [0, 0.05) is 13.8 Å². The Morgan fingerprint density at radius 3 is 1.81 bits per heavy atom. The molecule has 4 amide bonds. The van der Waals surface area contributed by atoms with Crippen molar-refractivity contribution in [3.63, 3.8) is 0 Å². The van der Waals surface area contributed by atoms with Gasteiger partial charge in [-0.1, -0.05) is 12.2 Å². The van der Waals surface area contributed by atoms with Crippen LogP contribution in [0.2, 0.25) is 0 Å². The van der Waals surface area contributed by atoms with Crippen molar-refractivity contribution in [3.05, 3.63) is 12.2 Å². The molecule has 0 aromatic heterocycles. The van der Waals surface area contributed by atoms with Crippen molar-refractivity contribution >= 4 is 23.6 Å². The molecule has 1 saturated heterocycles. The highest BCUT2D eigenvalue weighted by molar-refractivity contribution is 6.10. The second-order valence-corrected chi connectivity index (χ2v) is 6.49. The first-order chi connectivity index (χ1) is 9.93. The number of hydrogen-bond acceptors (Lipinski definition) is 4. The molecule has 0 spiro atoms. The average molecular weight is 288 g/mol. The summed E-state index contributed by atoms with van der Waals surface area (Å²) < 4.78 is 0. The maximum atomic E-state index is 12.7. The first-order valence-electron chi connectivity index (χ1n) is 7.30. The number of hydrogen-bond donors (Lipinski definition) is 0. The Kier molecular flexibility index (Phi) is 2.31. The third-order valence-electron chi connectivity index (χ3n) is 5.44. The minimum Gasteiger partial charge on any atom is -0.273 e. The number of carbonyl (C=O) groups is 4. The molecule has 5 aliphatic rings. The van der Waals surface area contributed by atoms with Crippen molar-refractivity contribution in [1.29, 1.82) is 0 Å². The Balaban J connectivity index is 1.75. The van der Waals surface area contributed by atoms with E-state index in [1.54, 1.807) is 0 Å². The summed E-state index contributed by atoms with van der Waals surface area (Å²) in [5.74, 6) is -1.58. The number of hydrazine groups is 1. The van der Waals surface area contributed by atoms with Gasteiger partial charge in [-0.2, -0.15) is 10.0 Å². The zero-order valence-electron chi connectivity index (χ0n) is 11.9. The monoisotopic (exact) mass is 288 g/mol. The summed E-state index contributed by atoms with van der Waals surface area (Å²) in [6.45, 7) is 2.38. The molecule has 3 fully saturated rings. The van der Waals surface area contributed by atoms with Crippen LogP contribution in [0.3, 0.4) is 0 Å². The van der Waals surface area contributed by atoms with E-state index in [9.17, 15) is 19.2 Å². The molecule has 2 unspecified atom stereocenters. The minimum atomic E-state index is -0.603. The number of rotatable bonds is 1. The standard InChI is InChI=1S/C15H16N2O4/c1-6(18)16(7(2)19)17-14(20)12-8-3-4-9(11-5-10(8)11)13(12)15(17)21/h3-4,8-13H,5H2,1-2H3/t8?,9?,10-,11+,12+,13-. The van der Waals surface area contributed by atoms with Crippen LogP contribution in [0.15, 0.2) is 12.2 Å². The van der Waals surface area contributed by atoms with Gasteiger partial charge in [0.1, 0.15) is 0 Å². The summed E-state index contributed by atoms with van der Waals surface area (Å²) in [6, 6.07) is 0. The first kappa shape index (κ1) is 12.7. The van der Waals surface area contributed by atoms with Gasteiger partial charge >= 0.3 is 0 Å². The van der Waals surface area contributed by atoms with Crippen molar-refractivity contribution in [2.45, 2.75) is 20.3 Å². The molecule has 6 heteroatoms.